The van der Waals surface area contributed by atoms with Gasteiger partial charge in [0.2, 0.25) is 0 Å². The van der Waals surface area contributed by atoms with E-state index >= 15 is 0 Å². The summed E-state index contributed by atoms with van der Waals surface area (Å²) in [5.74, 6) is 1.68. The SMILES string of the molecule is NC1(Cc2ccc3c(c2)OCCO3)CCOCC1. The topological polar surface area (TPSA) is 53.7 Å². The molecule has 1 aromatic rings. The van der Waals surface area contributed by atoms with Gasteiger partial charge in [-0.2, -0.15) is 0 Å². The molecule has 18 heavy (non-hydrogen) atoms. The lowest BCUT2D eigenvalue weighted by atomic mass is 9.85. The summed E-state index contributed by atoms with van der Waals surface area (Å²) in [6, 6.07) is 6.11. The van der Waals surface area contributed by atoms with Crippen LogP contribution in [0, 0.1) is 0 Å². The van der Waals surface area contributed by atoms with E-state index < -0.39 is 0 Å². The summed E-state index contributed by atoms with van der Waals surface area (Å²) < 4.78 is 16.5. The maximum atomic E-state index is 6.42. The van der Waals surface area contributed by atoms with Crippen LogP contribution in [0.3, 0.4) is 0 Å². The Morgan fingerprint density at radius 2 is 1.72 bits per heavy atom. The Morgan fingerprint density at radius 3 is 2.50 bits per heavy atom. The molecule has 1 saturated heterocycles. The van der Waals surface area contributed by atoms with Crippen LogP contribution < -0.4 is 15.2 Å². The number of benzene rings is 1. The molecule has 0 aromatic heterocycles. The van der Waals surface area contributed by atoms with Crippen LogP contribution in [0.2, 0.25) is 0 Å². The van der Waals surface area contributed by atoms with Gasteiger partial charge in [-0.05, 0) is 37.0 Å². The van der Waals surface area contributed by atoms with Crippen molar-refractivity contribution in [2.24, 2.45) is 5.73 Å². The highest BCUT2D eigenvalue weighted by atomic mass is 16.6. The molecule has 0 unspecified atom stereocenters. The van der Waals surface area contributed by atoms with Crippen molar-refractivity contribution < 1.29 is 14.2 Å². The zero-order chi connectivity index (χ0) is 12.4. The normalized spacial score (nSPS) is 21.6. The predicted octanol–water partition coefficient (Wildman–Crippen LogP) is 1.51. The van der Waals surface area contributed by atoms with E-state index in [-0.39, 0.29) is 5.54 Å². The Morgan fingerprint density at radius 1 is 1.00 bits per heavy atom. The van der Waals surface area contributed by atoms with E-state index in [1.165, 1.54) is 5.56 Å². The highest BCUT2D eigenvalue weighted by Crippen LogP contribution is 2.32. The number of nitrogens with two attached hydrogens (primary N) is 1. The first-order valence-electron chi connectivity index (χ1n) is 6.50. The third kappa shape index (κ3) is 2.44. The first-order chi connectivity index (χ1) is 8.75. The van der Waals surface area contributed by atoms with Crippen LogP contribution in [-0.4, -0.2) is 32.0 Å². The molecule has 0 bridgehead atoms. The largest absolute Gasteiger partial charge is 0.486 e. The fourth-order valence-corrected chi connectivity index (χ4v) is 2.56. The average molecular weight is 249 g/mol. The van der Waals surface area contributed by atoms with Gasteiger partial charge in [0.1, 0.15) is 13.2 Å². The molecule has 0 amide bonds. The quantitative estimate of drug-likeness (QED) is 0.863. The van der Waals surface area contributed by atoms with Crippen LogP contribution in [0.4, 0.5) is 0 Å². The minimum atomic E-state index is -0.137. The molecule has 4 nitrogen and oxygen atoms in total. The number of hydrogen-bond acceptors (Lipinski definition) is 4. The summed E-state index contributed by atoms with van der Waals surface area (Å²) in [6.07, 6.45) is 2.70. The van der Waals surface area contributed by atoms with Gasteiger partial charge in [-0.15, -0.1) is 0 Å². The van der Waals surface area contributed by atoms with Crippen molar-refractivity contribution >= 4 is 0 Å². The van der Waals surface area contributed by atoms with Gasteiger partial charge in [0.25, 0.3) is 0 Å². The third-order valence-corrected chi connectivity index (χ3v) is 3.65. The summed E-state index contributed by atoms with van der Waals surface area (Å²) >= 11 is 0. The number of rotatable bonds is 2. The molecule has 2 heterocycles. The van der Waals surface area contributed by atoms with E-state index in [0.29, 0.717) is 13.2 Å². The van der Waals surface area contributed by atoms with Crippen LogP contribution in [0.1, 0.15) is 18.4 Å². The Labute approximate surface area is 107 Å². The van der Waals surface area contributed by atoms with Crippen LogP contribution in [-0.2, 0) is 11.2 Å². The third-order valence-electron chi connectivity index (χ3n) is 3.65. The lowest BCUT2D eigenvalue weighted by Gasteiger charge is -2.33. The molecule has 3 rings (SSSR count). The second-order valence-corrected chi connectivity index (χ2v) is 5.13. The summed E-state index contributed by atoms with van der Waals surface area (Å²) in [4.78, 5) is 0. The first-order valence-corrected chi connectivity index (χ1v) is 6.50. The van der Waals surface area contributed by atoms with Crippen molar-refractivity contribution in [1.29, 1.82) is 0 Å². The molecule has 2 aliphatic rings. The lowest BCUT2D eigenvalue weighted by molar-refractivity contribution is 0.0533. The van der Waals surface area contributed by atoms with Gasteiger partial charge in [-0.3, -0.25) is 0 Å². The highest BCUT2D eigenvalue weighted by Gasteiger charge is 2.28. The van der Waals surface area contributed by atoms with Crippen molar-refractivity contribution in [3.05, 3.63) is 23.8 Å². The molecule has 0 atom stereocenters. The van der Waals surface area contributed by atoms with Gasteiger partial charge in [0.05, 0.1) is 0 Å². The summed E-state index contributed by atoms with van der Waals surface area (Å²) in [5, 5.41) is 0. The Kier molecular flexibility index (Phi) is 3.14. The van der Waals surface area contributed by atoms with Gasteiger partial charge < -0.3 is 19.9 Å². The molecule has 0 saturated carbocycles. The molecule has 0 radical (unpaired) electrons. The van der Waals surface area contributed by atoms with Crippen LogP contribution in [0.15, 0.2) is 18.2 Å². The molecule has 0 aliphatic carbocycles. The van der Waals surface area contributed by atoms with E-state index in [1.54, 1.807) is 0 Å². The van der Waals surface area contributed by atoms with Gasteiger partial charge in [0.15, 0.2) is 11.5 Å². The Bertz CT molecular complexity index is 427. The average Bonchev–Trinajstić information content (AvgIpc) is 2.39. The van der Waals surface area contributed by atoms with Crippen LogP contribution in [0.5, 0.6) is 11.5 Å². The van der Waals surface area contributed by atoms with Crippen molar-refractivity contribution in [3.8, 4) is 11.5 Å². The summed E-state index contributed by atoms with van der Waals surface area (Å²) in [5.41, 5.74) is 7.49. The Hall–Kier alpha value is -1.26. The van der Waals surface area contributed by atoms with Crippen molar-refractivity contribution in [2.75, 3.05) is 26.4 Å². The first kappa shape index (κ1) is 11.8. The maximum absolute atomic E-state index is 6.42. The van der Waals surface area contributed by atoms with Crippen molar-refractivity contribution in [3.63, 3.8) is 0 Å². The number of fused-ring (bicyclic) bond motifs is 1. The lowest BCUT2D eigenvalue weighted by Crippen LogP contribution is -2.46. The molecule has 98 valence electrons. The molecular weight excluding hydrogens is 230 g/mol. The van der Waals surface area contributed by atoms with Crippen LogP contribution in [0.25, 0.3) is 0 Å². The summed E-state index contributed by atoms with van der Waals surface area (Å²) in [6.45, 7) is 2.78. The molecule has 4 heteroatoms. The summed E-state index contributed by atoms with van der Waals surface area (Å²) in [7, 11) is 0. The minimum absolute atomic E-state index is 0.137. The predicted molar refractivity (Wildman–Crippen MR) is 68.1 cm³/mol. The fourth-order valence-electron chi connectivity index (χ4n) is 2.56. The zero-order valence-corrected chi connectivity index (χ0v) is 10.5. The van der Waals surface area contributed by atoms with E-state index in [4.69, 9.17) is 19.9 Å². The minimum Gasteiger partial charge on any atom is -0.486 e. The monoisotopic (exact) mass is 249 g/mol. The van der Waals surface area contributed by atoms with Gasteiger partial charge in [0, 0.05) is 18.8 Å². The zero-order valence-electron chi connectivity index (χ0n) is 10.5. The van der Waals surface area contributed by atoms with E-state index in [9.17, 15) is 0 Å². The molecule has 1 aromatic carbocycles. The number of ether oxygens (including phenoxy) is 3. The second-order valence-electron chi connectivity index (χ2n) is 5.13. The Balaban J connectivity index is 1.76. The van der Waals surface area contributed by atoms with Gasteiger partial charge in [-0.1, -0.05) is 6.07 Å². The smallest absolute Gasteiger partial charge is 0.161 e. The van der Waals surface area contributed by atoms with Crippen LogP contribution >= 0.6 is 0 Å². The highest BCUT2D eigenvalue weighted by molar-refractivity contribution is 5.44. The molecule has 2 aliphatic heterocycles. The van der Waals surface area contributed by atoms with E-state index in [1.807, 2.05) is 6.07 Å². The molecule has 1 fully saturated rings. The second kappa shape index (κ2) is 4.78. The van der Waals surface area contributed by atoms with Gasteiger partial charge in [-0.25, -0.2) is 0 Å². The number of hydrogen-bond donors (Lipinski definition) is 1. The van der Waals surface area contributed by atoms with Crippen molar-refractivity contribution in [1.82, 2.24) is 0 Å². The van der Waals surface area contributed by atoms with E-state index in [2.05, 4.69) is 12.1 Å². The maximum Gasteiger partial charge on any atom is 0.161 e. The fraction of sp³-hybridized carbons (Fsp3) is 0.571. The van der Waals surface area contributed by atoms with Gasteiger partial charge >= 0.3 is 0 Å². The molecular formula is C14H19NO3. The molecule has 0 spiro atoms. The van der Waals surface area contributed by atoms with E-state index in [0.717, 1.165) is 44.0 Å². The molecule has 2 N–H and O–H groups in total. The standard InChI is InChI=1S/C14H19NO3/c15-14(3-5-16-6-4-14)10-11-1-2-12-13(9-11)18-8-7-17-12/h1-2,9H,3-8,10,15H2. The van der Waals surface area contributed by atoms with Crippen molar-refractivity contribution in [2.45, 2.75) is 24.8 Å².